The maximum Gasteiger partial charge on any atom is 0.400 e. The number of hydrogen-bond donors (Lipinski definition) is 2. The van der Waals surface area contributed by atoms with Gasteiger partial charge >= 0.3 is 7.75 Å². The van der Waals surface area contributed by atoms with Crippen LogP contribution >= 0.6 is 7.75 Å². The van der Waals surface area contributed by atoms with Crippen molar-refractivity contribution in [3.05, 3.63) is 0 Å². The predicted molar refractivity (Wildman–Crippen MR) is 48.7 cm³/mol. The Balaban J connectivity index is 3.06. The molecule has 5 heteroatoms. The van der Waals surface area contributed by atoms with Crippen molar-refractivity contribution in [2.24, 2.45) is 5.50 Å². The summed E-state index contributed by atoms with van der Waals surface area (Å²) in [5, 5.41) is 0. The number of unbranched alkanes of at least 4 members (excludes halogenated alkanes) is 4. The van der Waals surface area contributed by atoms with Crippen molar-refractivity contribution in [1.82, 2.24) is 0 Å². The molecule has 0 aromatic rings. The van der Waals surface area contributed by atoms with Gasteiger partial charge in [-0.3, -0.25) is 4.52 Å². The summed E-state index contributed by atoms with van der Waals surface area (Å²) < 4.78 is 14.9. The second-order valence-corrected chi connectivity index (χ2v) is 4.20. The smallest absolute Gasteiger partial charge is 0.313 e. The van der Waals surface area contributed by atoms with Gasteiger partial charge in [0.05, 0.1) is 6.61 Å². The van der Waals surface area contributed by atoms with Crippen molar-refractivity contribution in [2.75, 3.05) is 6.61 Å². The van der Waals surface area contributed by atoms with Crippen LogP contribution in [0.2, 0.25) is 0 Å². The van der Waals surface area contributed by atoms with Crippen LogP contribution < -0.4 is 5.50 Å². The molecule has 1 atom stereocenters. The molecule has 12 heavy (non-hydrogen) atoms. The lowest BCUT2D eigenvalue weighted by Gasteiger charge is -2.05. The Morgan fingerprint density at radius 2 is 1.92 bits per heavy atom. The number of rotatable bonds is 7. The standard InChI is InChI=1S/C7H18NO3P/c1-2-3-4-5-6-7-11-12(8,9)10/h2-7H2,1H3,(H3,8,9,10). The second kappa shape index (κ2) is 6.61. The molecular weight excluding hydrogens is 177 g/mol. The fraction of sp³-hybridized carbons (Fsp3) is 1.00. The third kappa shape index (κ3) is 10.1. The highest BCUT2D eigenvalue weighted by Gasteiger charge is 2.09. The summed E-state index contributed by atoms with van der Waals surface area (Å²) in [6.45, 7) is 2.42. The molecule has 0 saturated carbocycles. The highest BCUT2D eigenvalue weighted by atomic mass is 31.2. The molecular formula is C7H18NO3P. The van der Waals surface area contributed by atoms with Gasteiger partial charge < -0.3 is 4.89 Å². The van der Waals surface area contributed by atoms with Crippen LogP contribution in [0.15, 0.2) is 0 Å². The highest BCUT2D eigenvalue weighted by molar-refractivity contribution is 7.50. The van der Waals surface area contributed by atoms with Crippen LogP contribution in [-0.2, 0) is 9.09 Å². The molecule has 1 unspecified atom stereocenters. The minimum atomic E-state index is -3.72. The van der Waals surface area contributed by atoms with Gasteiger partial charge in [-0.1, -0.05) is 32.6 Å². The monoisotopic (exact) mass is 195 g/mol. The largest absolute Gasteiger partial charge is 0.400 e. The molecule has 0 aromatic heterocycles. The van der Waals surface area contributed by atoms with Crippen molar-refractivity contribution < 1.29 is 14.0 Å². The Bertz CT molecular complexity index is 146. The average molecular weight is 195 g/mol. The van der Waals surface area contributed by atoms with E-state index in [0.717, 1.165) is 19.3 Å². The molecule has 74 valence electrons. The predicted octanol–water partition coefficient (Wildman–Crippen LogP) is 2.03. The lowest BCUT2D eigenvalue weighted by atomic mass is 10.2. The normalized spacial score (nSPS) is 15.9. The Morgan fingerprint density at radius 1 is 1.33 bits per heavy atom. The fourth-order valence-electron chi connectivity index (χ4n) is 0.901. The average Bonchev–Trinajstić information content (AvgIpc) is 1.94. The molecule has 3 N–H and O–H groups in total. The van der Waals surface area contributed by atoms with E-state index in [2.05, 4.69) is 11.4 Å². The number of nitrogens with two attached hydrogens (primary N) is 1. The molecule has 0 bridgehead atoms. The maximum absolute atomic E-state index is 10.4. The molecule has 0 aliphatic rings. The lowest BCUT2D eigenvalue weighted by molar-refractivity contribution is 0.253. The third-order valence-corrected chi connectivity index (χ3v) is 2.08. The van der Waals surface area contributed by atoms with Gasteiger partial charge in [-0.2, -0.15) is 0 Å². The van der Waals surface area contributed by atoms with Crippen molar-refractivity contribution in [1.29, 1.82) is 0 Å². The molecule has 0 heterocycles. The molecule has 0 aromatic carbocycles. The van der Waals surface area contributed by atoms with Gasteiger partial charge in [-0.25, -0.2) is 10.1 Å². The Kier molecular flexibility index (Phi) is 6.67. The first kappa shape index (κ1) is 12.1. The Morgan fingerprint density at radius 3 is 2.42 bits per heavy atom. The summed E-state index contributed by atoms with van der Waals surface area (Å²) in [4.78, 5) is 8.53. The van der Waals surface area contributed by atoms with Gasteiger partial charge in [0.1, 0.15) is 0 Å². The van der Waals surface area contributed by atoms with Crippen LogP contribution in [0, 0.1) is 0 Å². The minimum Gasteiger partial charge on any atom is -0.313 e. The zero-order valence-electron chi connectivity index (χ0n) is 7.53. The molecule has 0 fully saturated rings. The van der Waals surface area contributed by atoms with Crippen LogP contribution in [0.5, 0.6) is 0 Å². The van der Waals surface area contributed by atoms with Gasteiger partial charge in [0, 0.05) is 0 Å². The molecule has 4 nitrogen and oxygen atoms in total. The van der Waals surface area contributed by atoms with Crippen molar-refractivity contribution in [2.45, 2.75) is 39.0 Å². The number of hydrogen-bond acceptors (Lipinski definition) is 2. The van der Waals surface area contributed by atoms with Crippen LogP contribution in [0.25, 0.3) is 0 Å². The summed E-state index contributed by atoms with van der Waals surface area (Å²) in [5.74, 6) is 0. The lowest BCUT2D eigenvalue weighted by Crippen LogP contribution is -1.99. The van der Waals surface area contributed by atoms with Gasteiger partial charge in [-0.05, 0) is 6.42 Å². The first-order valence-corrected chi connectivity index (χ1v) is 5.97. The van der Waals surface area contributed by atoms with E-state index in [-0.39, 0.29) is 6.61 Å². The molecule has 0 amide bonds. The highest BCUT2D eigenvalue weighted by Crippen LogP contribution is 2.31. The van der Waals surface area contributed by atoms with E-state index in [1.165, 1.54) is 12.8 Å². The molecule has 0 radical (unpaired) electrons. The maximum atomic E-state index is 10.4. The van der Waals surface area contributed by atoms with E-state index in [1.807, 2.05) is 0 Å². The Hall–Kier alpha value is 0.110. The SMILES string of the molecule is CCCCCCCOP(N)(=O)O. The first-order valence-electron chi connectivity index (χ1n) is 4.32. The van der Waals surface area contributed by atoms with E-state index >= 15 is 0 Å². The summed E-state index contributed by atoms with van der Waals surface area (Å²) in [5.41, 5.74) is 4.77. The topological polar surface area (TPSA) is 72.5 Å². The molecule has 0 aliphatic carbocycles. The third-order valence-electron chi connectivity index (χ3n) is 1.52. The second-order valence-electron chi connectivity index (χ2n) is 2.81. The van der Waals surface area contributed by atoms with E-state index in [1.54, 1.807) is 0 Å². The summed E-state index contributed by atoms with van der Waals surface area (Å²) in [6, 6.07) is 0. The van der Waals surface area contributed by atoms with Gasteiger partial charge in [0.2, 0.25) is 0 Å². The zero-order chi connectivity index (χ0) is 9.45. The molecule has 0 saturated heterocycles. The summed E-state index contributed by atoms with van der Waals surface area (Å²) in [6.07, 6.45) is 5.39. The summed E-state index contributed by atoms with van der Waals surface area (Å²) in [7, 11) is -3.72. The first-order chi connectivity index (χ1) is 5.56. The molecule has 0 spiro atoms. The van der Waals surface area contributed by atoms with Gasteiger partial charge in [0.25, 0.3) is 0 Å². The van der Waals surface area contributed by atoms with Crippen LogP contribution in [0.1, 0.15) is 39.0 Å². The van der Waals surface area contributed by atoms with Gasteiger partial charge in [0.15, 0.2) is 0 Å². The minimum absolute atomic E-state index is 0.286. The van der Waals surface area contributed by atoms with Crippen molar-refractivity contribution in [3.8, 4) is 0 Å². The van der Waals surface area contributed by atoms with Crippen molar-refractivity contribution in [3.63, 3.8) is 0 Å². The van der Waals surface area contributed by atoms with Crippen LogP contribution in [-0.4, -0.2) is 11.5 Å². The van der Waals surface area contributed by atoms with Crippen molar-refractivity contribution >= 4 is 7.75 Å². The van der Waals surface area contributed by atoms with E-state index in [9.17, 15) is 4.57 Å². The zero-order valence-corrected chi connectivity index (χ0v) is 8.43. The van der Waals surface area contributed by atoms with Gasteiger partial charge in [-0.15, -0.1) is 0 Å². The summed E-state index contributed by atoms with van der Waals surface area (Å²) >= 11 is 0. The van der Waals surface area contributed by atoms with E-state index in [0.29, 0.717) is 0 Å². The molecule has 0 rings (SSSR count). The molecule has 0 aliphatic heterocycles. The van der Waals surface area contributed by atoms with E-state index < -0.39 is 7.75 Å². The van der Waals surface area contributed by atoms with Crippen LogP contribution in [0.3, 0.4) is 0 Å². The fourth-order valence-corrected chi connectivity index (χ4v) is 1.29. The quantitative estimate of drug-likeness (QED) is 0.481. The Labute approximate surface area is 73.7 Å². The van der Waals surface area contributed by atoms with E-state index in [4.69, 9.17) is 10.4 Å². The van der Waals surface area contributed by atoms with Crippen LogP contribution in [0.4, 0.5) is 0 Å².